The number of hydrogen-bond acceptors (Lipinski definition) is 4. The molecule has 0 bridgehead atoms. The number of rotatable bonds is 0. The van der Waals surface area contributed by atoms with Crippen molar-refractivity contribution in [3.05, 3.63) is 16.2 Å². The summed E-state index contributed by atoms with van der Waals surface area (Å²) in [6, 6.07) is 0. The molecule has 4 nitrogen and oxygen atoms in total. The minimum atomic E-state index is 0.387. The molecule has 5 heteroatoms. The monoisotopic (exact) mass is 261 g/mol. The summed E-state index contributed by atoms with van der Waals surface area (Å²) in [6.45, 7) is 0. The SMILES string of the molecule is Nc1ncnc2c(I)coc12. The molecule has 11 heavy (non-hydrogen) atoms. The largest absolute Gasteiger partial charge is 0.458 e. The van der Waals surface area contributed by atoms with E-state index in [0.29, 0.717) is 11.4 Å². The number of aromatic nitrogens is 2. The summed E-state index contributed by atoms with van der Waals surface area (Å²) >= 11 is 2.13. The van der Waals surface area contributed by atoms with Gasteiger partial charge >= 0.3 is 0 Å². The Kier molecular flexibility index (Phi) is 1.45. The number of nitrogens with zero attached hydrogens (tertiary/aromatic N) is 2. The van der Waals surface area contributed by atoms with Crippen LogP contribution in [-0.2, 0) is 0 Å². The average molecular weight is 261 g/mol. The molecule has 0 aliphatic carbocycles. The first-order valence-corrected chi connectivity index (χ1v) is 4.00. The topological polar surface area (TPSA) is 64.9 Å². The summed E-state index contributed by atoms with van der Waals surface area (Å²) in [5.74, 6) is 0.387. The van der Waals surface area contributed by atoms with Crippen LogP contribution in [0.4, 0.5) is 5.82 Å². The first kappa shape index (κ1) is 6.84. The van der Waals surface area contributed by atoms with E-state index in [1.54, 1.807) is 6.26 Å². The number of halogens is 1. The van der Waals surface area contributed by atoms with Crippen molar-refractivity contribution in [3.8, 4) is 0 Å². The van der Waals surface area contributed by atoms with Gasteiger partial charge in [-0.3, -0.25) is 0 Å². The Morgan fingerprint density at radius 1 is 1.45 bits per heavy atom. The zero-order valence-corrected chi connectivity index (χ0v) is 7.57. The predicted octanol–water partition coefficient (Wildman–Crippen LogP) is 1.41. The quantitative estimate of drug-likeness (QED) is 0.728. The molecule has 0 fully saturated rings. The summed E-state index contributed by atoms with van der Waals surface area (Å²) in [5.41, 5.74) is 6.86. The molecular weight excluding hydrogens is 257 g/mol. The number of nitrogens with two attached hydrogens (primary N) is 1. The maximum atomic E-state index is 5.52. The van der Waals surface area contributed by atoms with E-state index in [-0.39, 0.29) is 0 Å². The molecule has 0 aromatic carbocycles. The fourth-order valence-electron chi connectivity index (χ4n) is 0.840. The van der Waals surface area contributed by atoms with Crippen LogP contribution in [0.3, 0.4) is 0 Å². The summed E-state index contributed by atoms with van der Waals surface area (Å²) in [5, 5.41) is 0. The van der Waals surface area contributed by atoms with E-state index in [1.165, 1.54) is 6.33 Å². The lowest BCUT2D eigenvalue weighted by Gasteiger charge is -1.90. The highest BCUT2D eigenvalue weighted by molar-refractivity contribution is 14.1. The molecular formula is C6H4IN3O. The van der Waals surface area contributed by atoms with E-state index in [9.17, 15) is 0 Å². The molecule has 0 saturated carbocycles. The number of anilines is 1. The molecule has 2 N–H and O–H groups in total. The minimum Gasteiger partial charge on any atom is -0.458 e. The van der Waals surface area contributed by atoms with E-state index < -0.39 is 0 Å². The number of nitrogen functional groups attached to an aromatic ring is 1. The van der Waals surface area contributed by atoms with Gasteiger partial charge in [0.1, 0.15) is 18.1 Å². The van der Waals surface area contributed by atoms with Crippen LogP contribution in [0, 0.1) is 3.57 Å². The first-order chi connectivity index (χ1) is 5.29. The Morgan fingerprint density at radius 2 is 2.27 bits per heavy atom. The Hall–Kier alpha value is -0.850. The van der Waals surface area contributed by atoms with Crippen LogP contribution < -0.4 is 5.73 Å². The maximum Gasteiger partial charge on any atom is 0.195 e. The highest BCUT2D eigenvalue weighted by Gasteiger charge is 2.06. The van der Waals surface area contributed by atoms with Crippen molar-refractivity contribution in [2.24, 2.45) is 0 Å². The smallest absolute Gasteiger partial charge is 0.195 e. The molecule has 0 aliphatic heterocycles. The molecule has 0 unspecified atom stereocenters. The van der Waals surface area contributed by atoms with Crippen molar-refractivity contribution >= 4 is 39.5 Å². The van der Waals surface area contributed by atoms with Crippen LogP contribution in [-0.4, -0.2) is 9.97 Å². The molecule has 0 aliphatic rings. The predicted molar refractivity (Wildman–Crippen MR) is 48.9 cm³/mol. The second-order valence-corrected chi connectivity index (χ2v) is 3.18. The van der Waals surface area contributed by atoms with Gasteiger partial charge in [0.25, 0.3) is 0 Å². The standard InChI is InChI=1S/C6H4IN3O/c7-3-1-11-5-4(3)9-2-10-6(5)8/h1-2H,(H2,8,9,10). The van der Waals surface area contributed by atoms with Crippen LogP contribution in [0.25, 0.3) is 11.1 Å². The highest BCUT2D eigenvalue weighted by atomic mass is 127. The van der Waals surface area contributed by atoms with E-state index in [1.807, 2.05) is 0 Å². The third kappa shape index (κ3) is 0.953. The minimum absolute atomic E-state index is 0.387. The Balaban J connectivity index is 2.94. The summed E-state index contributed by atoms with van der Waals surface area (Å²) in [7, 11) is 0. The zero-order chi connectivity index (χ0) is 7.84. The van der Waals surface area contributed by atoms with Gasteiger partial charge in [-0.1, -0.05) is 0 Å². The van der Waals surface area contributed by atoms with Gasteiger partial charge in [-0.2, -0.15) is 0 Å². The van der Waals surface area contributed by atoms with Crippen molar-refractivity contribution < 1.29 is 4.42 Å². The maximum absolute atomic E-state index is 5.52. The Morgan fingerprint density at radius 3 is 3.00 bits per heavy atom. The zero-order valence-electron chi connectivity index (χ0n) is 5.41. The van der Waals surface area contributed by atoms with Crippen LogP contribution in [0.1, 0.15) is 0 Å². The number of furan rings is 1. The van der Waals surface area contributed by atoms with E-state index >= 15 is 0 Å². The molecule has 2 rings (SSSR count). The van der Waals surface area contributed by atoms with Crippen molar-refractivity contribution in [2.45, 2.75) is 0 Å². The lowest BCUT2D eigenvalue weighted by atomic mass is 10.4. The molecule has 2 heterocycles. The van der Waals surface area contributed by atoms with Gasteiger partial charge in [0, 0.05) is 0 Å². The molecule has 0 spiro atoms. The molecule has 56 valence electrons. The van der Waals surface area contributed by atoms with E-state index in [4.69, 9.17) is 10.2 Å². The third-order valence-electron chi connectivity index (χ3n) is 1.34. The average Bonchev–Trinajstić information content (AvgIpc) is 2.35. The second kappa shape index (κ2) is 2.33. The van der Waals surface area contributed by atoms with Gasteiger partial charge in [-0.25, -0.2) is 9.97 Å². The summed E-state index contributed by atoms with van der Waals surface area (Å²) in [6.07, 6.45) is 3.03. The molecule has 2 aromatic rings. The second-order valence-electron chi connectivity index (χ2n) is 2.02. The van der Waals surface area contributed by atoms with Crippen LogP contribution in [0.5, 0.6) is 0 Å². The van der Waals surface area contributed by atoms with Gasteiger partial charge in [-0.15, -0.1) is 0 Å². The van der Waals surface area contributed by atoms with Crippen LogP contribution in [0.2, 0.25) is 0 Å². The molecule has 0 amide bonds. The Bertz CT molecular complexity index is 398. The summed E-state index contributed by atoms with van der Waals surface area (Å²) in [4.78, 5) is 7.80. The molecule has 0 saturated heterocycles. The lowest BCUT2D eigenvalue weighted by molar-refractivity contribution is 0.613. The van der Waals surface area contributed by atoms with Gasteiger partial charge in [-0.05, 0) is 22.6 Å². The van der Waals surface area contributed by atoms with Crippen molar-refractivity contribution in [3.63, 3.8) is 0 Å². The van der Waals surface area contributed by atoms with Gasteiger partial charge in [0.05, 0.1) is 3.57 Å². The van der Waals surface area contributed by atoms with Crippen LogP contribution >= 0.6 is 22.6 Å². The van der Waals surface area contributed by atoms with Crippen molar-refractivity contribution in [1.29, 1.82) is 0 Å². The molecule has 0 atom stereocenters. The summed E-state index contributed by atoms with van der Waals surface area (Å²) < 4.78 is 6.07. The molecule has 0 radical (unpaired) electrons. The van der Waals surface area contributed by atoms with Crippen molar-refractivity contribution in [1.82, 2.24) is 9.97 Å². The fraction of sp³-hybridized carbons (Fsp3) is 0. The normalized spacial score (nSPS) is 10.6. The van der Waals surface area contributed by atoms with Crippen molar-refractivity contribution in [2.75, 3.05) is 5.73 Å². The molecule has 2 aromatic heterocycles. The van der Waals surface area contributed by atoms with E-state index in [0.717, 1.165) is 9.09 Å². The Labute approximate surface area is 75.9 Å². The number of fused-ring (bicyclic) bond motifs is 1. The highest BCUT2D eigenvalue weighted by Crippen LogP contribution is 2.22. The van der Waals surface area contributed by atoms with E-state index in [2.05, 4.69) is 32.6 Å². The fourth-order valence-corrected chi connectivity index (χ4v) is 1.35. The van der Waals surface area contributed by atoms with Gasteiger partial charge < -0.3 is 10.2 Å². The first-order valence-electron chi connectivity index (χ1n) is 2.92. The van der Waals surface area contributed by atoms with Gasteiger partial charge in [0.15, 0.2) is 11.4 Å². The lowest BCUT2D eigenvalue weighted by Crippen LogP contribution is -1.90. The van der Waals surface area contributed by atoms with Crippen LogP contribution in [0.15, 0.2) is 17.0 Å². The number of hydrogen-bond donors (Lipinski definition) is 1. The van der Waals surface area contributed by atoms with Gasteiger partial charge in [0.2, 0.25) is 0 Å². The third-order valence-corrected chi connectivity index (χ3v) is 2.10.